The molecule has 0 N–H and O–H groups in total. The van der Waals surface area contributed by atoms with Crippen LogP contribution in [0, 0.1) is 10.1 Å². The first-order valence-corrected chi connectivity index (χ1v) is 10.8. The van der Waals surface area contributed by atoms with Gasteiger partial charge in [-0.05, 0) is 25.0 Å². The summed E-state index contributed by atoms with van der Waals surface area (Å²) in [6, 6.07) is 11.8. The maximum Gasteiger partial charge on any atom is 0.350 e. The molecule has 0 aliphatic carbocycles. The van der Waals surface area contributed by atoms with E-state index in [9.17, 15) is 19.7 Å². The Hall–Kier alpha value is -4.15. The molecule has 1 amide bonds. The van der Waals surface area contributed by atoms with E-state index in [4.69, 9.17) is 9.47 Å². The van der Waals surface area contributed by atoms with Crippen molar-refractivity contribution in [2.45, 2.75) is 18.8 Å². The molecule has 0 bridgehead atoms. The molecule has 4 rings (SSSR count). The fraction of sp³-hybridized carbons (Fsp3) is 0.348. The van der Waals surface area contributed by atoms with Gasteiger partial charge in [0.1, 0.15) is 11.4 Å². The van der Waals surface area contributed by atoms with Gasteiger partial charge in [0.15, 0.2) is 11.5 Å². The van der Waals surface area contributed by atoms with E-state index in [0.717, 1.165) is 5.69 Å². The number of aromatic nitrogens is 3. The SMILES string of the molecule is COc1cc(C(=O)N2CCC(c3nn(C)c(=O)n3-c3ccccc3)CC2)c([N+](=O)[O-])cc1OC. The molecule has 1 aromatic heterocycles. The topological polar surface area (TPSA) is 122 Å². The molecule has 0 spiro atoms. The van der Waals surface area contributed by atoms with Crippen LogP contribution in [0.25, 0.3) is 5.69 Å². The van der Waals surface area contributed by atoms with E-state index < -0.39 is 10.8 Å². The van der Waals surface area contributed by atoms with Gasteiger partial charge < -0.3 is 14.4 Å². The third kappa shape index (κ3) is 4.12. The molecule has 0 radical (unpaired) electrons. The number of hydrogen-bond donors (Lipinski definition) is 0. The number of para-hydroxylation sites is 1. The van der Waals surface area contributed by atoms with E-state index in [1.165, 1.54) is 31.0 Å². The molecule has 3 aromatic rings. The van der Waals surface area contributed by atoms with Gasteiger partial charge in [-0.1, -0.05) is 18.2 Å². The minimum atomic E-state index is -0.603. The first-order valence-electron chi connectivity index (χ1n) is 10.8. The number of likely N-dealkylation sites (tertiary alicyclic amines) is 1. The normalized spacial score (nSPS) is 14.1. The minimum Gasteiger partial charge on any atom is -0.493 e. The van der Waals surface area contributed by atoms with E-state index in [2.05, 4.69) is 5.10 Å². The van der Waals surface area contributed by atoms with Crippen LogP contribution in [0.1, 0.15) is 34.9 Å². The third-order valence-corrected chi connectivity index (χ3v) is 6.04. The van der Waals surface area contributed by atoms with Gasteiger partial charge in [-0.15, -0.1) is 0 Å². The van der Waals surface area contributed by atoms with Crippen LogP contribution in [0.15, 0.2) is 47.3 Å². The van der Waals surface area contributed by atoms with Crippen molar-refractivity contribution in [1.29, 1.82) is 0 Å². The molecule has 0 unspecified atom stereocenters. The summed E-state index contributed by atoms with van der Waals surface area (Å²) in [5.41, 5.74) is 0.100. The molecule has 11 heteroatoms. The fourth-order valence-electron chi connectivity index (χ4n) is 4.27. The van der Waals surface area contributed by atoms with Crippen LogP contribution < -0.4 is 15.2 Å². The molecular weight excluding hydrogens is 442 g/mol. The molecule has 178 valence electrons. The smallest absolute Gasteiger partial charge is 0.350 e. The van der Waals surface area contributed by atoms with Gasteiger partial charge in [-0.25, -0.2) is 14.0 Å². The van der Waals surface area contributed by atoms with E-state index in [1.54, 1.807) is 16.5 Å². The largest absolute Gasteiger partial charge is 0.493 e. The standard InChI is InChI=1S/C23H25N5O6/c1-25-23(30)27(16-7-5-4-6-8-16)21(24-25)15-9-11-26(12-10-15)22(29)17-13-19(33-2)20(34-3)14-18(17)28(31)32/h4-8,13-15H,9-12H2,1-3H3. The van der Waals surface area contributed by atoms with Crippen LogP contribution in [0.3, 0.4) is 0 Å². The number of ether oxygens (including phenoxy) is 2. The summed E-state index contributed by atoms with van der Waals surface area (Å²) in [5, 5.41) is 16.1. The number of piperidine rings is 1. The van der Waals surface area contributed by atoms with Crippen LogP contribution in [-0.2, 0) is 7.05 Å². The molecule has 1 aliphatic heterocycles. The minimum absolute atomic E-state index is 0.0430. The Morgan fingerprint density at radius 1 is 1.09 bits per heavy atom. The number of nitrogens with zero attached hydrogens (tertiary/aromatic N) is 5. The van der Waals surface area contributed by atoms with Crippen molar-refractivity contribution >= 4 is 11.6 Å². The molecule has 11 nitrogen and oxygen atoms in total. The van der Waals surface area contributed by atoms with Crippen LogP contribution >= 0.6 is 0 Å². The summed E-state index contributed by atoms with van der Waals surface area (Å²) >= 11 is 0. The zero-order valence-electron chi connectivity index (χ0n) is 19.1. The number of aryl methyl sites for hydroxylation is 1. The van der Waals surface area contributed by atoms with E-state index in [-0.39, 0.29) is 34.4 Å². The van der Waals surface area contributed by atoms with Crippen molar-refractivity contribution < 1.29 is 19.2 Å². The van der Waals surface area contributed by atoms with Crippen molar-refractivity contribution in [3.8, 4) is 17.2 Å². The number of carbonyl (C=O) groups excluding carboxylic acids is 1. The summed E-state index contributed by atoms with van der Waals surface area (Å²) in [6.45, 7) is 0.739. The van der Waals surface area contributed by atoms with E-state index in [1.807, 2.05) is 30.3 Å². The number of methoxy groups -OCH3 is 2. The second-order valence-corrected chi connectivity index (χ2v) is 7.98. The van der Waals surface area contributed by atoms with Gasteiger partial charge in [0.25, 0.3) is 11.6 Å². The van der Waals surface area contributed by atoms with Crippen LogP contribution in [0.5, 0.6) is 11.5 Å². The molecular formula is C23H25N5O6. The Kier molecular flexibility index (Phi) is 6.35. The molecule has 1 fully saturated rings. The van der Waals surface area contributed by atoms with Gasteiger partial charge in [0, 0.05) is 32.1 Å². The third-order valence-electron chi connectivity index (χ3n) is 6.04. The Bertz CT molecular complexity index is 1270. The van der Waals surface area contributed by atoms with Gasteiger partial charge in [0.05, 0.1) is 30.9 Å². The highest BCUT2D eigenvalue weighted by Gasteiger charge is 2.32. The zero-order chi connectivity index (χ0) is 24.4. The lowest BCUT2D eigenvalue weighted by molar-refractivity contribution is -0.385. The van der Waals surface area contributed by atoms with Crippen molar-refractivity contribution in [2.24, 2.45) is 7.05 Å². The van der Waals surface area contributed by atoms with Crippen molar-refractivity contribution in [3.63, 3.8) is 0 Å². The second-order valence-electron chi connectivity index (χ2n) is 7.98. The maximum absolute atomic E-state index is 13.2. The van der Waals surface area contributed by atoms with Crippen molar-refractivity contribution in [1.82, 2.24) is 19.2 Å². The number of rotatable bonds is 6. The van der Waals surface area contributed by atoms with Crippen molar-refractivity contribution in [3.05, 3.63) is 74.5 Å². The Balaban J connectivity index is 1.58. The molecule has 0 saturated carbocycles. The number of nitro groups is 1. The highest BCUT2D eigenvalue weighted by atomic mass is 16.6. The van der Waals surface area contributed by atoms with E-state index in [0.29, 0.717) is 31.8 Å². The second kappa shape index (κ2) is 9.38. The summed E-state index contributed by atoms with van der Waals surface area (Å²) in [5.74, 6) is 0.569. The molecule has 2 heterocycles. The lowest BCUT2D eigenvalue weighted by atomic mass is 9.95. The Labute approximate surface area is 195 Å². The monoisotopic (exact) mass is 467 g/mol. The average Bonchev–Trinajstić information content (AvgIpc) is 3.17. The Morgan fingerprint density at radius 3 is 2.29 bits per heavy atom. The first-order chi connectivity index (χ1) is 16.3. The molecule has 1 saturated heterocycles. The molecule has 0 atom stereocenters. The molecule has 34 heavy (non-hydrogen) atoms. The summed E-state index contributed by atoms with van der Waals surface area (Å²) in [7, 11) is 4.39. The molecule has 2 aromatic carbocycles. The van der Waals surface area contributed by atoms with E-state index >= 15 is 0 Å². The average molecular weight is 467 g/mol. The van der Waals surface area contributed by atoms with Gasteiger partial charge in [-0.3, -0.25) is 14.9 Å². The van der Waals surface area contributed by atoms with Crippen LogP contribution in [0.2, 0.25) is 0 Å². The predicted octanol–water partition coefficient (Wildman–Crippen LogP) is 2.52. The zero-order valence-corrected chi connectivity index (χ0v) is 19.1. The number of nitro benzene ring substituents is 1. The fourth-order valence-corrected chi connectivity index (χ4v) is 4.27. The van der Waals surface area contributed by atoms with Gasteiger partial charge in [-0.2, -0.15) is 5.10 Å². The van der Waals surface area contributed by atoms with Crippen LogP contribution in [0.4, 0.5) is 5.69 Å². The summed E-state index contributed by atoms with van der Waals surface area (Å²) in [6.07, 6.45) is 1.13. The van der Waals surface area contributed by atoms with Gasteiger partial charge >= 0.3 is 5.69 Å². The summed E-state index contributed by atoms with van der Waals surface area (Å²) < 4.78 is 13.3. The maximum atomic E-state index is 13.2. The number of hydrogen-bond acceptors (Lipinski definition) is 7. The van der Waals surface area contributed by atoms with Crippen molar-refractivity contribution in [2.75, 3.05) is 27.3 Å². The lowest BCUT2D eigenvalue weighted by Gasteiger charge is -2.31. The number of amides is 1. The first kappa shape index (κ1) is 23.0. The Morgan fingerprint density at radius 2 is 1.71 bits per heavy atom. The highest BCUT2D eigenvalue weighted by Crippen LogP contribution is 2.36. The number of benzene rings is 2. The molecule has 1 aliphatic rings. The predicted molar refractivity (Wildman–Crippen MR) is 123 cm³/mol. The highest BCUT2D eigenvalue weighted by molar-refractivity contribution is 5.99. The van der Waals surface area contributed by atoms with Crippen LogP contribution in [-0.4, -0.2) is 57.4 Å². The quantitative estimate of drug-likeness (QED) is 0.403. The number of carbonyl (C=O) groups is 1. The lowest BCUT2D eigenvalue weighted by Crippen LogP contribution is -2.38. The summed E-state index contributed by atoms with van der Waals surface area (Å²) in [4.78, 5) is 38.5. The van der Waals surface area contributed by atoms with Gasteiger partial charge in [0.2, 0.25) is 0 Å².